The van der Waals surface area contributed by atoms with Crippen LogP contribution in [0.2, 0.25) is 5.28 Å². The fraction of sp³-hybridized carbons (Fsp3) is 0.278. The number of nitrogens with zero attached hydrogens (tertiary/aromatic N) is 2. The van der Waals surface area contributed by atoms with Crippen LogP contribution in [0.5, 0.6) is 5.75 Å². The Balaban J connectivity index is 1.59. The molecule has 1 unspecified atom stereocenters. The molecule has 0 bridgehead atoms. The molecule has 1 atom stereocenters. The van der Waals surface area contributed by atoms with E-state index in [0.717, 1.165) is 11.1 Å². The molecule has 3 aromatic rings. The second-order valence-electron chi connectivity index (χ2n) is 6.41. The number of furan rings is 1. The highest BCUT2D eigenvalue weighted by Crippen LogP contribution is 2.30. The normalized spacial score (nSPS) is 19.0. The number of amides is 1. The number of alkyl carbamates (subject to hydrolysis) is 1. The van der Waals surface area contributed by atoms with Crippen molar-refractivity contribution in [3.8, 4) is 5.75 Å². The number of hydrogen-bond acceptors (Lipinski definition) is 7. The number of hydrogen-bond donors (Lipinski definition) is 2. The van der Waals surface area contributed by atoms with Crippen molar-refractivity contribution in [2.45, 2.75) is 19.1 Å². The zero-order valence-electron chi connectivity index (χ0n) is 14.5. The van der Waals surface area contributed by atoms with Crippen LogP contribution < -0.4 is 15.4 Å². The lowest BCUT2D eigenvalue weighted by Gasteiger charge is -2.21. The van der Waals surface area contributed by atoms with E-state index in [2.05, 4.69) is 20.6 Å². The number of cyclic esters (lactones) is 1. The fourth-order valence-electron chi connectivity index (χ4n) is 2.80. The average molecular weight is 389 g/mol. The lowest BCUT2D eigenvalue weighted by Crippen LogP contribution is -2.36. The van der Waals surface area contributed by atoms with Crippen LogP contribution in [0, 0.1) is 0 Å². The number of carbonyl (C=O) groups excluding carboxylic acids is 1. The van der Waals surface area contributed by atoms with Gasteiger partial charge in [0.05, 0.1) is 19.4 Å². The van der Waals surface area contributed by atoms with Gasteiger partial charge in [-0.25, -0.2) is 14.8 Å². The van der Waals surface area contributed by atoms with Crippen LogP contribution in [0.15, 0.2) is 41.0 Å². The molecule has 8 nitrogen and oxygen atoms in total. The molecule has 27 heavy (non-hydrogen) atoms. The summed E-state index contributed by atoms with van der Waals surface area (Å²) < 4.78 is 16.5. The minimum atomic E-state index is -0.740. The van der Waals surface area contributed by atoms with Crippen molar-refractivity contribution in [2.24, 2.45) is 0 Å². The molecule has 0 aliphatic carbocycles. The minimum absolute atomic E-state index is 0.0978. The summed E-state index contributed by atoms with van der Waals surface area (Å²) in [6.07, 6.45) is 1.16. The van der Waals surface area contributed by atoms with E-state index in [4.69, 9.17) is 25.5 Å². The average Bonchev–Trinajstić information content (AvgIpc) is 3.28. The van der Waals surface area contributed by atoms with E-state index < -0.39 is 11.7 Å². The van der Waals surface area contributed by atoms with Gasteiger partial charge in [-0.05, 0) is 42.8 Å². The molecular formula is C18H17ClN4O4. The van der Waals surface area contributed by atoms with Crippen LogP contribution in [-0.2, 0) is 11.3 Å². The van der Waals surface area contributed by atoms with Gasteiger partial charge in [0.1, 0.15) is 29.5 Å². The Labute approximate surface area is 159 Å². The number of carbonyl (C=O) groups is 1. The summed E-state index contributed by atoms with van der Waals surface area (Å²) in [5.74, 6) is 1.88. The van der Waals surface area contributed by atoms with Gasteiger partial charge in [-0.1, -0.05) is 6.07 Å². The van der Waals surface area contributed by atoms with E-state index in [1.807, 2.05) is 24.3 Å². The Bertz CT molecular complexity index is 979. The number of benzene rings is 1. The highest BCUT2D eigenvalue weighted by atomic mass is 35.5. The number of anilines is 1. The van der Waals surface area contributed by atoms with Gasteiger partial charge in [-0.2, -0.15) is 0 Å². The third-order valence-corrected chi connectivity index (χ3v) is 4.32. The number of nitrogens with one attached hydrogen (secondary N) is 2. The highest BCUT2D eigenvalue weighted by molar-refractivity contribution is 6.29. The lowest BCUT2D eigenvalue weighted by molar-refractivity contribution is 0.0312. The third-order valence-electron chi connectivity index (χ3n) is 4.15. The van der Waals surface area contributed by atoms with Crippen molar-refractivity contribution in [1.29, 1.82) is 0 Å². The van der Waals surface area contributed by atoms with Crippen molar-refractivity contribution < 1.29 is 18.7 Å². The predicted octanol–water partition coefficient (Wildman–Crippen LogP) is 3.37. The Morgan fingerprint density at radius 1 is 1.33 bits per heavy atom. The van der Waals surface area contributed by atoms with Gasteiger partial charge < -0.3 is 24.5 Å². The SMILES string of the molecule is CC1(COc2cccc3c(NCc4ccco4)nc(Cl)nc23)CNC(=O)O1. The van der Waals surface area contributed by atoms with E-state index in [1.54, 1.807) is 19.3 Å². The molecule has 1 aliphatic heterocycles. The molecule has 9 heteroatoms. The topological polar surface area (TPSA) is 98.5 Å². The largest absolute Gasteiger partial charge is 0.487 e. The number of halogens is 1. The van der Waals surface area contributed by atoms with Crippen molar-refractivity contribution in [1.82, 2.24) is 15.3 Å². The van der Waals surface area contributed by atoms with Crippen molar-refractivity contribution in [3.05, 3.63) is 47.6 Å². The zero-order valence-corrected chi connectivity index (χ0v) is 15.2. The molecule has 1 saturated heterocycles. The van der Waals surface area contributed by atoms with Crippen LogP contribution in [0.4, 0.5) is 10.6 Å². The highest BCUT2D eigenvalue weighted by Gasteiger charge is 2.36. The Hall–Kier alpha value is -3.00. The van der Waals surface area contributed by atoms with Gasteiger partial charge in [0.25, 0.3) is 0 Å². The van der Waals surface area contributed by atoms with Crippen LogP contribution in [0.1, 0.15) is 12.7 Å². The molecule has 0 spiro atoms. The molecule has 140 valence electrons. The van der Waals surface area contributed by atoms with Gasteiger partial charge in [0, 0.05) is 5.39 Å². The zero-order chi connectivity index (χ0) is 18.9. The lowest BCUT2D eigenvalue weighted by atomic mass is 10.1. The number of fused-ring (bicyclic) bond motifs is 1. The molecule has 2 N–H and O–H groups in total. The Morgan fingerprint density at radius 3 is 2.96 bits per heavy atom. The van der Waals surface area contributed by atoms with E-state index in [0.29, 0.717) is 30.2 Å². The Kier molecular flexibility index (Phi) is 4.49. The minimum Gasteiger partial charge on any atom is -0.487 e. The molecule has 0 saturated carbocycles. The number of ether oxygens (including phenoxy) is 2. The van der Waals surface area contributed by atoms with Gasteiger partial charge in [-0.3, -0.25) is 0 Å². The van der Waals surface area contributed by atoms with Crippen LogP contribution in [0.3, 0.4) is 0 Å². The monoisotopic (exact) mass is 388 g/mol. The first-order valence-electron chi connectivity index (χ1n) is 8.35. The maximum absolute atomic E-state index is 11.3. The van der Waals surface area contributed by atoms with Crippen LogP contribution in [0.25, 0.3) is 10.9 Å². The van der Waals surface area contributed by atoms with E-state index >= 15 is 0 Å². The summed E-state index contributed by atoms with van der Waals surface area (Å²) in [7, 11) is 0. The number of aromatic nitrogens is 2. The van der Waals surface area contributed by atoms with Crippen molar-refractivity contribution in [2.75, 3.05) is 18.5 Å². The smallest absolute Gasteiger partial charge is 0.408 e. The first-order valence-corrected chi connectivity index (χ1v) is 8.72. The first-order chi connectivity index (χ1) is 13.0. The maximum Gasteiger partial charge on any atom is 0.408 e. The molecule has 1 aliphatic rings. The molecule has 2 aromatic heterocycles. The summed E-state index contributed by atoms with van der Waals surface area (Å²) in [5.41, 5.74) is -0.170. The van der Waals surface area contributed by atoms with Gasteiger partial charge in [-0.15, -0.1) is 0 Å². The van der Waals surface area contributed by atoms with Crippen molar-refractivity contribution >= 4 is 34.4 Å². The molecule has 4 rings (SSSR count). The van der Waals surface area contributed by atoms with E-state index in [9.17, 15) is 4.79 Å². The maximum atomic E-state index is 11.3. The summed E-state index contributed by atoms with van der Waals surface area (Å²) in [4.78, 5) is 19.9. The van der Waals surface area contributed by atoms with Crippen LogP contribution in [-0.4, -0.2) is 34.8 Å². The summed E-state index contributed by atoms with van der Waals surface area (Å²) >= 11 is 6.11. The first kappa shape index (κ1) is 17.4. The van der Waals surface area contributed by atoms with Gasteiger partial charge in [0.15, 0.2) is 5.60 Å². The molecule has 1 aromatic carbocycles. The van der Waals surface area contributed by atoms with Crippen molar-refractivity contribution in [3.63, 3.8) is 0 Å². The van der Waals surface area contributed by atoms with Gasteiger partial charge in [0.2, 0.25) is 5.28 Å². The second-order valence-corrected chi connectivity index (χ2v) is 6.75. The third kappa shape index (κ3) is 3.75. The second kappa shape index (κ2) is 6.96. The summed E-state index contributed by atoms with van der Waals surface area (Å²) in [6, 6.07) is 9.19. The number of rotatable bonds is 6. The summed E-state index contributed by atoms with van der Waals surface area (Å²) in [6.45, 7) is 2.82. The van der Waals surface area contributed by atoms with Crippen LogP contribution >= 0.6 is 11.6 Å². The quantitative estimate of drug-likeness (QED) is 0.624. The van der Waals surface area contributed by atoms with E-state index in [-0.39, 0.29) is 11.9 Å². The fourth-order valence-corrected chi connectivity index (χ4v) is 2.97. The standard InChI is InChI=1S/C18H17ClN4O4/c1-18(9-21-17(24)27-18)10-26-13-6-2-5-12-14(13)22-16(19)23-15(12)20-8-11-4-3-7-25-11/h2-7H,8-10H2,1H3,(H,21,24)(H,20,22,23). The number of para-hydroxylation sites is 1. The molecule has 1 amide bonds. The van der Waals surface area contributed by atoms with E-state index in [1.165, 1.54) is 0 Å². The summed E-state index contributed by atoms with van der Waals surface area (Å²) in [5, 5.41) is 6.69. The molecule has 0 radical (unpaired) electrons. The molecule has 3 heterocycles. The molecular weight excluding hydrogens is 372 g/mol. The predicted molar refractivity (Wildman–Crippen MR) is 99.0 cm³/mol. The van der Waals surface area contributed by atoms with Gasteiger partial charge >= 0.3 is 6.09 Å². The Morgan fingerprint density at radius 2 is 2.22 bits per heavy atom. The molecule has 1 fully saturated rings.